The summed E-state index contributed by atoms with van der Waals surface area (Å²) in [4.78, 5) is 25.4. The Kier molecular flexibility index (Phi) is 7.90. The Morgan fingerprint density at radius 2 is 1.72 bits per heavy atom. The first-order valence-electron chi connectivity index (χ1n) is 9.53. The van der Waals surface area contributed by atoms with Crippen molar-refractivity contribution in [2.24, 2.45) is 11.7 Å². The zero-order valence-corrected chi connectivity index (χ0v) is 16.9. The van der Waals surface area contributed by atoms with Crippen molar-refractivity contribution in [1.82, 2.24) is 5.32 Å². The molecule has 0 heterocycles. The maximum Gasteiger partial charge on any atom is 0.328 e. The lowest BCUT2D eigenvalue weighted by atomic mass is 9.85. The molecule has 156 valence electrons. The fourth-order valence-electron chi connectivity index (χ4n) is 2.74. The van der Waals surface area contributed by atoms with E-state index in [1.54, 1.807) is 63.2 Å². The number of hydrogen-bond donors (Lipinski definition) is 3. The minimum atomic E-state index is -2.10. The highest BCUT2D eigenvalue weighted by Crippen LogP contribution is 2.36. The summed E-state index contributed by atoms with van der Waals surface area (Å²) < 4.78 is 10.7. The number of rotatable bonds is 9. The van der Waals surface area contributed by atoms with Crippen molar-refractivity contribution in [2.75, 3.05) is 13.3 Å². The number of para-hydroxylation sites is 1. The van der Waals surface area contributed by atoms with Crippen LogP contribution < -0.4 is 15.8 Å². The maximum absolute atomic E-state index is 13.0. The van der Waals surface area contributed by atoms with Crippen LogP contribution in [0.25, 0.3) is 0 Å². The molecule has 0 fully saturated rings. The largest absolute Gasteiger partial charge is 0.425 e. The number of nitrogens with one attached hydrogen (secondary N) is 1. The summed E-state index contributed by atoms with van der Waals surface area (Å²) in [5.41, 5.74) is 4.24. The van der Waals surface area contributed by atoms with Gasteiger partial charge in [0.05, 0.1) is 0 Å². The summed E-state index contributed by atoms with van der Waals surface area (Å²) in [6, 6.07) is 14.0. The van der Waals surface area contributed by atoms with Crippen molar-refractivity contribution < 1.29 is 24.2 Å². The van der Waals surface area contributed by atoms with Gasteiger partial charge in [0, 0.05) is 12.2 Å². The molecule has 0 aliphatic heterocycles. The molecule has 1 amide bonds. The highest BCUT2D eigenvalue weighted by atomic mass is 16.5. The number of esters is 1. The van der Waals surface area contributed by atoms with E-state index < -0.39 is 23.5 Å². The molecule has 7 heteroatoms. The van der Waals surface area contributed by atoms with Crippen LogP contribution in [0.15, 0.2) is 54.6 Å². The molecule has 0 aliphatic rings. The van der Waals surface area contributed by atoms with E-state index in [-0.39, 0.29) is 24.0 Å². The van der Waals surface area contributed by atoms with E-state index in [0.29, 0.717) is 12.2 Å². The van der Waals surface area contributed by atoms with Gasteiger partial charge < -0.3 is 25.6 Å². The van der Waals surface area contributed by atoms with Gasteiger partial charge in [-0.15, -0.1) is 0 Å². The van der Waals surface area contributed by atoms with Crippen LogP contribution in [0.3, 0.4) is 0 Å². The van der Waals surface area contributed by atoms with Crippen LogP contribution in [0, 0.1) is 5.92 Å². The van der Waals surface area contributed by atoms with E-state index in [9.17, 15) is 14.7 Å². The van der Waals surface area contributed by atoms with Crippen molar-refractivity contribution >= 4 is 11.9 Å². The van der Waals surface area contributed by atoms with Crippen LogP contribution in [0.2, 0.25) is 0 Å². The molecule has 0 aliphatic carbocycles. The molecule has 2 aromatic carbocycles. The third kappa shape index (κ3) is 5.20. The number of carbonyl (C=O) groups excluding carboxylic acids is 2. The molecule has 29 heavy (non-hydrogen) atoms. The molecule has 2 rings (SSSR count). The summed E-state index contributed by atoms with van der Waals surface area (Å²) in [5.74, 6) is -1.41. The van der Waals surface area contributed by atoms with E-state index >= 15 is 0 Å². The van der Waals surface area contributed by atoms with Crippen LogP contribution in [-0.2, 0) is 19.9 Å². The molecular weight excluding hydrogens is 372 g/mol. The number of benzene rings is 2. The number of ether oxygens (including phenoxy) is 2. The van der Waals surface area contributed by atoms with Gasteiger partial charge >= 0.3 is 5.97 Å². The second-order valence-corrected chi connectivity index (χ2v) is 6.91. The van der Waals surface area contributed by atoms with Crippen molar-refractivity contribution in [3.05, 3.63) is 65.7 Å². The van der Waals surface area contributed by atoms with Gasteiger partial charge in [-0.3, -0.25) is 4.79 Å². The van der Waals surface area contributed by atoms with Gasteiger partial charge in [-0.25, -0.2) is 4.79 Å². The third-order valence-corrected chi connectivity index (χ3v) is 4.54. The molecule has 7 nitrogen and oxygen atoms in total. The lowest BCUT2D eigenvalue weighted by Gasteiger charge is -2.29. The predicted molar refractivity (Wildman–Crippen MR) is 109 cm³/mol. The molecular formula is C22H28N2O5. The van der Waals surface area contributed by atoms with Crippen molar-refractivity contribution in [1.29, 1.82) is 0 Å². The summed E-state index contributed by atoms with van der Waals surface area (Å²) in [5, 5.41) is 14.1. The van der Waals surface area contributed by atoms with Gasteiger partial charge in [-0.05, 0) is 24.5 Å². The Morgan fingerprint density at radius 3 is 2.34 bits per heavy atom. The highest BCUT2D eigenvalue weighted by Gasteiger charge is 2.42. The van der Waals surface area contributed by atoms with E-state index in [2.05, 4.69) is 5.32 Å². The van der Waals surface area contributed by atoms with Crippen LogP contribution in [0.5, 0.6) is 5.75 Å². The van der Waals surface area contributed by atoms with Crippen molar-refractivity contribution in [3.8, 4) is 5.75 Å². The quantitative estimate of drug-likeness (QED) is 0.257. The molecule has 0 saturated carbocycles. The Bertz CT molecular complexity index is 825. The Labute approximate surface area is 170 Å². The molecule has 0 bridgehead atoms. The number of aliphatic hydroxyl groups is 1. The second kappa shape index (κ2) is 10.2. The Morgan fingerprint density at radius 1 is 1.10 bits per heavy atom. The number of carbonyl (C=O) groups is 2. The molecule has 0 aromatic heterocycles. The molecule has 2 atom stereocenters. The van der Waals surface area contributed by atoms with Crippen LogP contribution >= 0.6 is 0 Å². The molecule has 2 aromatic rings. The lowest BCUT2D eigenvalue weighted by molar-refractivity contribution is -0.140. The van der Waals surface area contributed by atoms with Gasteiger partial charge in [-0.2, -0.15) is 0 Å². The predicted octanol–water partition coefficient (Wildman–Crippen LogP) is 1.92. The lowest BCUT2D eigenvalue weighted by Crippen LogP contribution is -2.46. The van der Waals surface area contributed by atoms with E-state index in [0.717, 1.165) is 0 Å². The summed E-state index contributed by atoms with van der Waals surface area (Å²) in [6.07, 6.45) is 0. The normalized spacial score (nSPS) is 14.1. The second-order valence-electron chi connectivity index (χ2n) is 6.91. The maximum atomic E-state index is 13.0. The zero-order chi connectivity index (χ0) is 21.4. The fourth-order valence-corrected chi connectivity index (χ4v) is 2.74. The van der Waals surface area contributed by atoms with Crippen molar-refractivity contribution in [2.45, 2.75) is 32.4 Å². The summed E-state index contributed by atoms with van der Waals surface area (Å²) >= 11 is 0. The zero-order valence-electron chi connectivity index (χ0n) is 16.9. The number of nitrogens with two attached hydrogens (primary N) is 1. The van der Waals surface area contributed by atoms with E-state index in [1.165, 1.54) is 12.1 Å². The topological polar surface area (TPSA) is 111 Å². The van der Waals surface area contributed by atoms with Crippen LogP contribution in [0.4, 0.5) is 0 Å². The minimum Gasteiger partial charge on any atom is -0.425 e. The minimum absolute atomic E-state index is 0.0616. The summed E-state index contributed by atoms with van der Waals surface area (Å²) in [7, 11) is 0. The van der Waals surface area contributed by atoms with E-state index in [4.69, 9.17) is 15.2 Å². The number of hydrogen-bond acceptors (Lipinski definition) is 6. The van der Waals surface area contributed by atoms with Gasteiger partial charge in [0.1, 0.15) is 18.5 Å². The Balaban J connectivity index is 2.49. The van der Waals surface area contributed by atoms with Gasteiger partial charge in [0.25, 0.3) is 5.91 Å². The van der Waals surface area contributed by atoms with Crippen LogP contribution in [-0.4, -0.2) is 36.4 Å². The van der Waals surface area contributed by atoms with Gasteiger partial charge in [0.2, 0.25) is 0 Å². The number of amides is 1. The van der Waals surface area contributed by atoms with E-state index in [1.807, 2.05) is 0 Å². The standard InChI is InChI=1S/C22H28N2O5/c1-4-28-14-24-21(26)22(27,16-10-6-5-7-11-16)17-12-8-9-13-18(17)29-20(25)19(23)15(2)3/h5-13,15,19,27H,4,14,23H2,1-3H3,(H,24,26)/t19-,22-/m1/s1. The first-order chi connectivity index (χ1) is 13.8. The van der Waals surface area contributed by atoms with Crippen molar-refractivity contribution in [3.63, 3.8) is 0 Å². The summed E-state index contributed by atoms with van der Waals surface area (Å²) in [6.45, 7) is 5.75. The Hall–Kier alpha value is -2.74. The third-order valence-electron chi connectivity index (χ3n) is 4.54. The monoisotopic (exact) mass is 400 g/mol. The molecule has 0 radical (unpaired) electrons. The average Bonchev–Trinajstić information content (AvgIpc) is 2.73. The first-order valence-corrected chi connectivity index (χ1v) is 9.53. The molecule has 0 saturated heterocycles. The van der Waals surface area contributed by atoms with Crippen LogP contribution in [0.1, 0.15) is 31.9 Å². The fraction of sp³-hybridized carbons (Fsp3) is 0.364. The van der Waals surface area contributed by atoms with Gasteiger partial charge in [0.15, 0.2) is 5.60 Å². The van der Waals surface area contributed by atoms with Gasteiger partial charge in [-0.1, -0.05) is 62.4 Å². The molecule has 0 spiro atoms. The average molecular weight is 400 g/mol. The molecule has 0 unspecified atom stereocenters. The smallest absolute Gasteiger partial charge is 0.328 e. The first kappa shape index (κ1) is 22.5. The highest BCUT2D eigenvalue weighted by molar-refractivity contribution is 5.91. The molecule has 4 N–H and O–H groups in total. The SMILES string of the molecule is CCOCNC(=O)[C@@](O)(c1ccccc1)c1ccccc1OC(=O)[C@H](N)C(C)C.